The summed E-state index contributed by atoms with van der Waals surface area (Å²) in [6, 6.07) is 4.32. The Morgan fingerprint density at radius 2 is 1.91 bits per heavy atom. The number of halogens is 3. The molecule has 0 radical (unpaired) electrons. The number of aromatic nitrogens is 1. The summed E-state index contributed by atoms with van der Waals surface area (Å²) in [6.45, 7) is 7.48. The molecule has 0 saturated carbocycles. The van der Waals surface area contributed by atoms with Crippen molar-refractivity contribution in [1.29, 1.82) is 0 Å². The highest BCUT2D eigenvalue weighted by molar-refractivity contribution is 6.77. The van der Waals surface area contributed by atoms with E-state index in [0.717, 1.165) is 51.0 Å². The van der Waals surface area contributed by atoms with E-state index in [-0.39, 0.29) is 0 Å². The Morgan fingerprint density at radius 3 is 2.45 bits per heavy atom. The van der Waals surface area contributed by atoms with Gasteiger partial charge in [-0.1, -0.05) is 48.7 Å². The van der Waals surface area contributed by atoms with Crippen LogP contribution >= 0.6 is 34.8 Å². The van der Waals surface area contributed by atoms with E-state index in [9.17, 15) is 4.79 Å². The molecule has 6 heteroatoms. The number of fused-ring (bicyclic) bond motifs is 1. The highest BCUT2D eigenvalue weighted by Gasteiger charge is 2.35. The first-order valence-electron chi connectivity index (χ1n) is 7.92. The van der Waals surface area contributed by atoms with Gasteiger partial charge in [-0.25, -0.2) is 0 Å². The number of hydrogen-bond donors (Lipinski definition) is 0. The summed E-state index contributed by atoms with van der Waals surface area (Å²) >= 11 is 17.2. The van der Waals surface area contributed by atoms with Gasteiger partial charge >= 0.3 is 0 Å². The average Bonchev–Trinajstić information content (AvgIpc) is 2.88. The second-order valence-electron chi connectivity index (χ2n) is 5.87. The Morgan fingerprint density at radius 1 is 1.27 bits per heavy atom. The quantitative estimate of drug-likeness (QED) is 0.548. The van der Waals surface area contributed by atoms with Crippen molar-refractivity contribution in [3.8, 4) is 0 Å². The molecular weight excluding hydrogens is 343 g/mol. The van der Waals surface area contributed by atoms with Crippen LogP contribution < -0.4 is 0 Å². The number of rotatable bonds is 6. The summed E-state index contributed by atoms with van der Waals surface area (Å²) in [5.41, 5.74) is 1.66. The van der Waals surface area contributed by atoms with Crippen molar-refractivity contribution in [2.24, 2.45) is 0 Å². The van der Waals surface area contributed by atoms with Crippen LogP contribution in [0.2, 0.25) is 0 Å². The van der Waals surface area contributed by atoms with Crippen molar-refractivity contribution in [2.45, 2.75) is 55.9 Å². The van der Waals surface area contributed by atoms with Gasteiger partial charge in [0.1, 0.15) is 0 Å². The van der Waals surface area contributed by atoms with Gasteiger partial charge in [-0.2, -0.15) is 0 Å². The van der Waals surface area contributed by atoms with Crippen LogP contribution in [0.3, 0.4) is 0 Å². The van der Waals surface area contributed by atoms with Gasteiger partial charge in [0.25, 0.3) is 3.79 Å². The Labute approximate surface area is 147 Å². The molecule has 22 heavy (non-hydrogen) atoms. The second kappa shape index (κ2) is 7.57. The fourth-order valence-electron chi connectivity index (χ4n) is 3.28. The fraction of sp³-hybridized carbons (Fsp3) is 0.688. The third-order valence-corrected chi connectivity index (χ3v) is 4.74. The molecule has 2 rings (SSSR count). The molecule has 0 aliphatic carbocycles. The molecule has 1 aliphatic heterocycles. The fourth-order valence-corrected chi connectivity index (χ4v) is 3.57. The Kier molecular flexibility index (Phi) is 6.23. The lowest BCUT2D eigenvalue weighted by Crippen LogP contribution is -2.42. The molecule has 0 saturated heterocycles. The van der Waals surface area contributed by atoms with Crippen LogP contribution in [0.15, 0.2) is 12.1 Å². The molecule has 0 N–H and O–H groups in total. The molecule has 0 fully saturated rings. The largest absolute Gasteiger partial charge is 0.342 e. The predicted molar refractivity (Wildman–Crippen MR) is 93.3 cm³/mol. The van der Waals surface area contributed by atoms with Gasteiger partial charge in [-0.3, -0.25) is 9.69 Å². The molecule has 0 spiro atoms. The molecule has 1 aliphatic rings. The lowest BCUT2D eigenvalue weighted by molar-refractivity contribution is 0.0983. The average molecular weight is 366 g/mol. The zero-order valence-electron chi connectivity index (χ0n) is 13.1. The van der Waals surface area contributed by atoms with Gasteiger partial charge in [-0.05, 0) is 44.5 Å². The Hall–Kier alpha value is -0.220. The van der Waals surface area contributed by atoms with Crippen molar-refractivity contribution in [3.05, 3.63) is 23.5 Å². The smallest absolute Gasteiger partial charge is 0.255 e. The van der Waals surface area contributed by atoms with Crippen LogP contribution in [0.1, 0.15) is 49.3 Å². The molecule has 124 valence electrons. The molecule has 1 atom stereocenters. The molecule has 2 heterocycles. The first-order chi connectivity index (χ1) is 10.4. The van der Waals surface area contributed by atoms with Crippen LogP contribution in [0.5, 0.6) is 0 Å². The summed E-state index contributed by atoms with van der Waals surface area (Å²) in [4.78, 5) is 14.8. The Balaban J connectivity index is 2.16. The molecule has 0 unspecified atom stereocenters. The summed E-state index contributed by atoms with van der Waals surface area (Å²) in [5, 5.41) is 0. The number of hydrogen-bond acceptors (Lipinski definition) is 2. The van der Waals surface area contributed by atoms with Gasteiger partial charge in [0.2, 0.25) is 5.78 Å². The highest BCUT2D eigenvalue weighted by Crippen LogP contribution is 2.32. The van der Waals surface area contributed by atoms with E-state index in [2.05, 4.69) is 18.7 Å². The summed E-state index contributed by atoms with van der Waals surface area (Å²) in [7, 11) is 0. The van der Waals surface area contributed by atoms with Gasteiger partial charge in [-0.15, -0.1) is 0 Å². The minimum atomic E-state index is -1.89. The maximum Gasteiger partial charge on any atom is 0.255 e. The number of ketones is 1. The van der Waals surface area contributed by atoms with E-state index in [1.165, 1.54) is 0 Å². The molecule has 1 aromatic heterocycles. The first-order valence-corrected chi connectivity index (χ1v) is 9.05. The number of Topliss-reactive ketones (excluding diaryl/α,β-unsaturated/α-hetero) is 1. The zero-order chi connectivity index (χ0) is 16.3. The lowest BCUT2D eigenvalue weighted by Gasteiger charge is -2.35. The summed E-state index contributed by atoms with van der Waals surface area (Å²) in [5.74, 6) is -0.443. The minimum Gasteiger partial charge on any atom is -0.342 e. The topological polar surface area (TPSA) is 25.2 Å². The monoisotopic (exact) mass is 364 g/mol. The highest BCUT2D eigenvalue weighted by atomic mass is 35.6. The van der Waals surface area contributed by atoms with Crippen molar-refractivity contribution in [3.63, 3.8) is 0 Å². The standard InChI is InChI=1S/C16H23Cl3N2O/c1-3-8-20(9-4-2)12-7-10-21-13(11-12)5-6-14(21)15(22)16(17,18)19/h5-6,12H,3-4,7-11H2,1-2H3/t12-/m1/s1. The van der Waals surface area contributed by atoms with Crippen LogP contribution in [-0.2, 0) is 13.0 Å². The predicted octanol–water partition coefficient (Wildman–Crippen LogP) is 4.48. The van der Waals surface area contributed by atoms with Gasteiger partial charge in [0.05, 0.1) is 5.69 Å². The molecule has 1 aromatic rings. The van der Waals surface area contributed by atoms with Crippen molar-refractivity contribution < 1.29 is 4.79 Å². The molecule has 3 nitrogen and oxygen atoms in total. The van der Waals surface area contributed by atoms with Gasteiger partial charge in [0.15, 0.2) is 0 Å². The minimum absolute atomic E-state index is 0.443. The zero-order valence-corrected chi connectivity index (χ0v) is 15.4. The Bertz CT molecular complexity index is 516. The van der Waals surface area contributed by atoms with Crippen molar-refractivity contribution in [2.75, 3.05) is 13.1 Å². The van der Waals surface area contributed by atoms with E-state index < -0.39 is 9.58 Å². The normalized spacial score (nSPS) is 18.5. The number of carbonyl (C=O) groups excluding carboxylic acids is 1. The number of nitrogens with zero attached hydrogens (tertiary/aromatic N) is 2. The van der Waals surface area contributed by atoms with Crippen LogP contribution in [0.25, 0.3) is 0 Å². The lowest BCUT2D eigenvalue weighted by atomic mass is 10.0. The van der Waals surface area contributed by atoms with Crippen LogP contribution in [0.4, 0.5) is 0 Å². The third kappa shape index (κ3) is 4.00. The third-order valence-electron chi connectivity index (χ3n) is 4.23. The number of carbonyl (C=O) groups is 1. The van der Waals surface area contributed by atoms with E-state index >= 15 is 0 Å². The molecular formula is C16H23Cl3N2O. The summed E-state index contributed by atoms with van der Waals surface area (Å²) < 4.78 is 0.124. The number of alkyl halides is 3. The van der Waals surface area contributed by atoms with Crippen molar-refractivity contribution in [1.82, 2.24) is 9.47 Å². The van der Waals surface area contributed by atoms with Crippen molar-refractivity contribution >= 4 is 40.6 Å². The van der Waals surface area contributed by atoms with Crippen LogP contribution in [0, 0.1) is 0 Å². The maximum atomic E-state index is 12.2. The van der Waals surface area contributed by atoms with E-state index in [0.29, 0.717) is 11.7 Å². The van der Waals surface area contributed by atoms with E-state index in [1.807, 2.05) is 10.6 Å². The molecule has 0 bridgehead atoms. The maximum absolute atomic E-state index is 12.2. The first kappa shape index (κ1) is 18.1. The van der Waals surface area contributed by atoms with Crippen LogP contribution in [-0.4, -0.2) is 38.2 Å². The SMILES string of the molecule is CCCN(CCC)[C@@H]1CCn2c(ccc2C(=O)C(Cl)(Cl)Cl)C1. The van der Waals surface area contributed by atoms with E-state index in [4.69, 9.17) is 34.8 Å². The second-order valence-corrected chi connectivity index (χ2v) is 8.15. The summed E-state index contributed by atoms with van der Waals surface area (Å²) in [6.07, 6.45) is 4.30. The van der Waals surface area contributed by atoms with Gasteiger partial charge < -0.3 is 4.57 Å². The molecule has 0 aromatic carbocycles. The van der Waals surface area contributed by atoms with E-state index in [1.54, 1.807) is 6.07 Å². The molecule has 0 amide bonds. The van der Waals surface area contributed by atoms with Gasteiger partial charge in [0, 0.05) is 24.7 Å².